The van der Waals surface area contributed by atoms with Crippen molar-refractivity contribution in [3.63, 3.8) is 0 Å². The number of phenols is 1. The van der Waals surface area contributed by atoms with Crippen molar-refractivity contribution in [1.29, 1.82) is 0 Å². The highest BCUT2D eigenvalue weighted by Crippen LogP contribution is 2.19. The van der Waals surface area contributed by atoms with Gasteiger partial charge in [-0.3, -0.25) is 4.79 Å². The molecule has 0 aliphatic carbocycles. The van der Waals surface area contributed by atoms with Crippen molar-refractivity contribution in [2.75, 3.05) is 6.54 Å². The van der Waals surface area contributed by atoms with Crippen LogP contribution in [0.3, 0.4) is 0 Å². The lowest BCUT2D eigenvalue weighted by atomic mass is 9.89. The minimum atomic E-state index is -0.297. The van der Waals surface area contributed by atoms with Gasteiger partial charge in [-0.05, 0) is 30.5 Å². The third kappa shape index (κ3) is 4.10. The summed E-state index contributed by atoms with van der Waals surface area (Å²) in [6, 6.07) is 7.05. The first-order chi connectivity index (χ1) is 7.95. The van der Waals surface area contributed by atoms with Crippen molar-refractivity contribution in [3.8, 4) is 5.75 Å². The highest BCUT2D eigenvalue weighted by molar-refractivity contribution is 5.81. The number of hydrogen-bond acceptors (Lipinski definition) is 2. The van der Waals surface area contributed by atoms with E-state index in [-0.39, 0.29) is 17.1 Å². The van der Waals surface area contributed by atoms with E-state index in [1.165, 1.54) is 0 Å². The van der Waals surface area contributed by atoms with Gasteiger partial charge in [0.05, 0.1) is 0 Å². The normalized spacial score (nSPS) is 11.2. The molecule has 0 fully saturated rings. The molecule has 0 saturated heterocycles. The molecule has 0 atom stereocenters. The van der Waals surface area contributed by atoms with Gasteiger partial charge >= 0.3 is 0 Å². The third-order valence-electron chi connectivity index (χ3n) is 3.13. The maximum Gasteiger partial charge on any atom is 0.225 e. The molecule has 1 rings (SSSR count). The van der Waals surface area contributed by atoms with Gasteiger partial charge < -0.3 is 10.4 Å². The zero-order chi connectivity index (χ0) is 12.9. The fourth-order valence-electron chi connectivity index (χ4n) is 1.38. The molecule has 0 spiro atoms. The number of rotatable bonds is 5. The van der Waals surface area contributed by atoms with Crippen LogP contribution in [-0.2, 0) is 11.2 Å². The molecule has 1 aromatic carbocycles. The number of aromatic hydroxyl groups is 1. The molecular weight excluding hydrogens is 214 g/mol. The van der Waals surface area contributed by atoms with Gasteiger partial charge in [0.25, 0.3) is 0 Å². The molecule has 0 aromatic heterocycles. The summed E-state index contributed by atoms with van der Waals surface area (Å²) in [7, 11) is 0. The van der Waals surface area contributed by atoms with Gasteiger partial charge in [-0.25, -0.2) is 0 Å². The van der Waals surface area contributed by atoms with Crippen LogP contribution in [0.2, 0.25) is 0 Å². The third-order valence-corrected chi connectivity index (χ3v) is 3.13. The van der Waals surface area contributed by atoms with Gasteiger partial charge in [-0.15, -0.1) is 0 Å². The van der Waals surface area contributed by atoms with Gasteiger partial charge in [-0.2, -0.15) is 0 Å². The van der Waals surface area contributed by atoms with E-state index in [9.17, 15) is 4.79 Å². The van der Waals surface area contributed by atoms with E-state index < -0.39 is 0 Å². The van der Waals surface area contributed by atoms with E-state index in [2.05, 4.69) is 5.32 Å². The Morgan fingerprint density at radius 1 is 1.29 bits per heavy atom. The lowest BCUT2D eigenvalue weighted by molar-refractivity contribution is -0.129. The average Bonchev–Trinajstić information content (AvgIpc) is 2.31. The maximum atomic E-state index is 11.8. The molecular formula is C14H21NO2. The minimum absolute atomic E-state index is 0.0961. The fourth-order valence-corrected chi connectivity index (χ4v) is 1.38. The second kappa shape index (κ2) is 5.71. The van der Waals surface area contributed by atoms with Crippen molar-refractivity contribution >= 4 is 5.91 Å². The Morgan fingerprint density at radius 3 is 2.41 bits per heavy atom. The summed E-state index contributed by atoms with van der Waals surface area (Å²) in [6.07, 6.45) is 1.61. The van der Waals surface area contributed by atoms with E-state index in [1.807, 2.05) is 32.9 Å². The van der Waals surface area contributed by atoms with Gasteiger partial charge in [0.2, 0.25) is 5.91 Å². The van der Waals surface area contributed by atoms with Crippen LogP contribution in [0, 0.1) is 5.41 Å². The summed E-state index contributed by atoms with van der Waals surface area (Å²) in [5.74, 6) is 0.365. The quantitative estimate of drug-likeness (QED) is 0.823. The van der Waals surface area contributed by atoms with Crippen LogP contribution in [0.15, 0.2) is 24.3 Å². The van der Waals surface area contributed by atoms with E-state index in [0.717, 1.165) is 18.4 Å². The van der Waals surface area contributed by atoms with Crippen LogP contribution < -0.4 is 5.32 Å². The first kappa shape index (κ1) is 13.6. The fraction of sp³-hybridized carbons (Fsp3) is 0.500. The minimum Gasteiger partial charge on any atom is -0.508 e. The molecule has 2 N–H and O–H groups in total. The monoisotopic (exact) mass is 235 g/mol. The second-order valence-electron chi connectivity index (χ2n) is 4.91. The summed E-state index contributed by atoms with van der Waals surface area (Å²) in [4.78, 5) is 11.8. The number of benzene rings is 1. The molecule has 0 radical (unpaired) electrons. The summed E-state index contributed by atoms with van der Waals surface area (Å²) in [5, 5.41) is 12.1. The largest absolute Gasteiger partial charge is 0.508 e. The van der Waals surface area contributed by atoms with Crippen LogP contribution >= 0.6 is 0 Å². The molecule has 1 aromatic rings. The van der Waals surface area contributed by atoms with Crippen molar-refractivity contribution in [1.82, 2.24) is 5.32 Å². The van der Waals surface area contributed by atoms with Crippen molar-refractivity contribution < 1.29 is 9.90 Å². The Morgan fingerprint density at radius 2 is 1.88 bits per heavy atom. The molecule has 0 heterocycles. The summed E-state index contributed by atoms with van der Waals surface area (Å²) < 4.78 is 0. The van der Waals surface area contributed by atoms with E-state index >= 15 is 0 Å². The first-order valence-electron chi connectivity index (χ1n) is 6.02. The summed E-state index contributed by atoms with van der Waals surface area (Å²) in [6.45, 7) is 6.54. The molecule has 17 heavy (non-hydrogen) atoms. The number of nitrogens with one attached hydrogen (secondary N) is 1. The zero-order valence-electron chi connectivity index (χ0n) is 10.8. The van der Waals surface area contributed by atoms with Crippen molar-refractivity contribution in [2.45, 2.75) is 33.6 Å². The van der Waals surface area contributed by atoms with Gasteiger partial charge in [-0.1, -0.05) is 32.9 Å². The Hall–Kier alpha value is -1.51. The number of carbonyl (C=O) groups is 1. The maximum absolute atomic E-state index is 11.8. The van der Waals surface area contributed by atoms with Gasteiger partial charge in [0.15, 0.2) is 0 Å². The van der Waals surface area contributed by atoms with E-state index in [4.69, 9.17) is 5.11 Å². The van der Waals surface area contributed by atoms with Crippen LogP contribution in [0.5, 0.6) is 5.75 Å². The smallest absolute Gasteiger partial charge is 0.225 e. The van der Waals surface area contributed by atoms with Crippen LogP contribution in [-0.4, -0.2) is 17.6 Å². The number of hydrogen-bond donors (Lipinski definition) is 2. The van der Waals surface area contributed by atoms with E-state index in [0.29, 0.717) is 6.54 Å². The number of carbonyl (C=O) groups excluding carboxylic acids is 1. The Bertz CT molecular complexity index is 368. The van der Waals surface area contributed by atoms with Crippen LogP contribution in [0.1, 0.15) is 32.8 Å². The molecule has 0 aliphatic heterocycles. The zero-order valence-corrected chi connectivity index (χ0v) is 10.8. The standard InChI is InChI=1S/C14H21NO2/c1-4-14(2,3)13(17)15-10-9-11-5-7-12(16)8-6-11/h5-8,16H,4,9-10H2,1-3H3,(H,15,17). The molecule has 3 heteroatoms. The number of phenolic OH excluding ortho intramolecular Hbond substituents is 1. The highest BCUT2D eigenvalue weighted by Gasteiger charge is 2.24. The van der Waals surface area contributed by atoms with Crippen molar-refractivity contribution in [2.24, 2.45) is 5.41 Å². The summed E-state index contributed by atoms with van der Waals surface area (Å²) in [5.41, 5.74) is 0.812. The predicted octanol–water partition coefficient (Wildman–Crippen LogP) is 2.49. The van der Waals surface area contributed by atoms with Crippen molar-refractivity contribution in [3.05, 3.63) is 29.8 Å². The summed E-state index contributed by atoms with van der Waals surface area (Å²) >= 11 is 0. The van der Waals surface area contributed by atoms with Crippen LogP contribution in [0.25, 0.3) is 0 Å². The SMILES string of the molecule is CCC(C)(C)C(=O)NCCc1ccc(O)cc1. The number of amides is 1. The molecule has 0 bridgehead atoms. The van der Waals surface area contributed by atoms with E-state index in [1.54, 1.807) is 12.1 Å². The Labute approximate surface area is 103 Å². The van der Waals surface area contributed by atoms with Gasteiger partial charge in [0, 0.05) is 12.0 Å². The molecule has 94 valence electrons. The molecule has 1 amide bonds. The molecule has 0 saturated carbocycles. The van der Waals surface area contributed by atoms with Gasteiger partial charge in [0.1, 0.15) is 5.75 Å². The lowest BCUT2D eigenvalue weighted by Crippen LogP contribution is -2.37. The average molecular weight is 235 g/mol. The molecule has 0 unspecified atom stereocenters. The Balaban J connectivity index is 2.38. The highest BCUT2D eigenvalue weighted by atomic mass is 16.3. The lowest BCUT2D eigenvalue weighted by Gasteiger charge is -2.21. The first-order valence-corrected chi connectivity index (χ1v) is 6.02. The van der Waals surface area contributed by atoms with Crippen LogP contribution in [0.4, 0.5) is 0 Å². The Kier molecular flexibility index (Phi) is 4.55. The molecule has 0 aliphatic rings. The molecule has 3 nitrogen and oxygen atoms in total. The predicted molar refractivity (Wildman–Crippen MR) is 68.9 cm³/mol. The topological polar surface area (TPSA) is 49.3 Å². The second-order valence-corrected chi connectivity index (χ2v) is 4.91.